The number of nitrogens with one attached hydrogen (secondary N) is 2. The molecule has 1 fully saturated rings. The molecule has 1 heterocycles. The van der Waals surface area contributed by atoms with Gasteiger partial charge >= 0.3 is 6.18 Å². The lowest BCUT2D eigenvalue weighted by atomic mass is 10.1. The van der Waals surface area contributed by atoms with Gasteiger partial charge in [-0.25, -0.2) is 8.78 Å². The van der Waals surface area contributed by atoms with Crippen molar-refractivity contribution in [3.8, 4) is 6.07 Å². The first kappa shape index (κ1) is 31.1. The molecule has 216 valence electrons. The van der Waals surface area contributed by atoms with Crippen LogP contribution in [0.5, 0.6) is 0 Å². The predicted molar refractivity (Wildman–Crippen MR) is 140 cm³/mol. The molecule has 14 heteroatoms. The van der Waals surface area contributed by atoms with E-state index in [1.807, 2.05) is 11.8 Å². The number of carbonyl (C=O) groups is 2. The van der Waals surface area contributed by atoms with Crippen LogP contribution in [0.3, 0.4) is 0 Å². The predicted octanol–water partition coefficient (Wildman–Crippen LogP) is 4.19. The molecule has 2 amide bonds. The van der Waals surface area contributed by atoms with Crippen LogP contribution in [0, 0.1) is 23.0 Å². The van der Waals surface area contributed by atoms with Gasteiger partial charge in [-0.2, -0.15) is 18.4 Å². The Balaban J connectivity index is 1.73. The van der Waals surface area contributed by atoms with Crippen molar-refractivity contribution in [2.45, 2.75) is 44.6 Å². The fourth-order valence-corrected chi connectivity index (χ4v) is 4.49. The zero-order valence-corrected chi connectivity index (χ0v) is 22.3. The summed E-state index contributed by atoms with van der Waals surface area (Å²) in [4.78, 5) is 28.4. The lowest BCUT2D eigenvalue weighted by Crippen LogP contribution is -2.52. The molecule has 2 aromatic rings. The van der Waals surface area contributed by atoms with Gasteiger partial charge in [0, 0.05) is 49.4 Å². The number of benzene rings is 2. The highest BCUT2D eigenvalue weighted by atomic mass is 35.5. The Morgan fingerprint density at radius 3 is 2.58 bits per heavy atom. The van der Waals surface area contributed by atoms with Crippen molar-refractivity contribution in [1.82, 2.24) is 10.2 Å². The van der Waals surface area contributed by atoms with Gasteiger partial charge in [0.15, 0.2) is 11.6 Å². The SMILES string of the molecule is C[C@@H]1CN(CCC(F)(F)F)CCN1c1cc(Cl)ccc1NC(=O)c1ccc(CNC(=O)[C@H](N)CC#N)c(F)c1F. The Labute approximate surface area is 232 Å². The smallest absolute Gasteiger partial charge is 0.365 e. The Kier molecular flexibility index (Phi) is 10.3. The van der Waals surface area contributed by atoms with Crippen molar-refractivity contribution < 1.29 is 31.5 Å². The molecule has 0 aliphatic carbocycles. The molecule has 0 spiro atoms. The van der Waals surface area contributed by atoms with Gasteiger partial charge in [-0.05, 0) is 31.2 Å². The Morgan fingerprint density at radius 2 is 1.93 bits per heavy atom. The van der Waals surface area contributed by atoms with Gasteiger partial charge < -0.3 is 21.3 Å². The summed E-state index contributed by atoms with van der Waals surface area (Å²) >= 11 is 6.18. The minimum atomic E-state index is -4.25. The first-order valence-electron chi connectivity index (χ1n) is 12.3. The van der Waals surface area contributed by atoms with Gasteiger partial charge in [0.05, 0.1) is 41.9 Å². The summed E-state index contributed by atoms with van der Waals surface area (Å²) in [6.07, 6.45) is -5.42. The fraction of sp³-hybridized carbons (Fsp3) is 0.423. The van der Waals surface area contributed by atoms with Gasteiger partial charge in [-0.1, -0.05) is 17.7 Å². The van der Waals surface area contributed by atoms with E-state index in [0.717, 1.165) is 12.1 Å². The van der Waals surface area contributed by atoms with Gasteiger partial charge in [0.2, 0.25) is 5.91 Å². The number of rotatable bonds is 9. The summed E-state index contributed by atoms with van der Waals surface area (Å²) in [7, 11) is 0. The monoisotopic (exact) mass is 586 g/mol. The quantitative estimate of drug-likeness (QED) is 0.380. The number of amides is 2. The zero-order chi connectivity index (χ0) is 29.6. The van der Waals surface area contributed by atoms with Crippen LogP contribution in [0.25, 0.3) is 0 Å². The van der Waals surface area contributed by atoms with Gasteiger partial charge in [-0.15, -0.1) is 0 Å². The molecule has 0 bridgehead atoms. The van der Waals surface area contributed by atoms with E-state index in [2.05, 4.69) is 10.6 Å². The molecule has 2 atom stereocenters. The molecular formula is C26H28ClF5N6O2. The molecule has 0 aromatic heterocycles. The number of nitrogens with zero attached hydrogens (tertiary/aromatic N) is 3. The van der Waals surface area contributed by atoms with Gasteiger partial charge in [0.25, 0.3) is 5.91 Å². The number of halogens is 6. The van der Waals surface area contributed by atoms with Crippen LogP contribution in [0.15, 0.2) is 30.3 Å². The summed E-state index contributed by atoms with van der Waals surface area (Å²) in [5, 5.41) is 13.8. The van der Waals surface area contributed by atoms with E-state index in [0.29, 0.717) is 30.3 Å². The van der Waals surface area contributed by atoms with Crippen molar-refractivity contribution in [2.24, 2.45) is 5.73 Å². The molecular weight excluding hydrogens is 559 g/mol. The Hall–Kier alpha value is -3.47. The second-order valence-corrected chi connectivity index (χ2v) is 9.85. The summed E-state index contributed by atoms with van der Waals surface area (Å²) in [5.41, 5.74) is 5.44. The van der Waals surface area contributed by atoms with Crippen LogP contribution in [-0.4, -0.2) is 61.2 Å². The summed E-state index contributed by atoms with van der Waals surface area (Å²) in [6.45, 7) is 2.33. The molecule has 1 aliphatic rings. The van der Waals surface area contributed by atoms with Crippen LogP contribution in [0.1, 0.15) is 35.7 Å². The van der Waals surface area contributed by atoms with E-state index in [1.165, 1.54) is 12.1 Å². The maximum atomic E-state index is 14.9. The van der Waals surface area contributed by atoms with E-state index < -0.39 is 54.2 Å². The number of anilines is 2. The lowest BCUT2D eigenvalue weighted by Gasteiger charge is -2.42. The summed E-state index contributed by atoms with van der Waals surface area (Å²) in [5.74, 6) is -4.41. The Bertz CT molecular complexity index is 1290. The van der Waals surface area contributed by atoms with Crippen LogP contribution < -0.4 is 21.3 Å². The normalized spacial score (nSPS) is 16.8. The number of hydrogen-bond acceptors (Lipinski definition) is 6. The molecule has 0 unspecified atom stereocenters. The number of alkyl halides is 3. The molecule has 2 aromatic carbocycles. The minimum Gasteiger partial charge on any atom is -0.365 e. The zero-order valence-electron chi connectivity index (χ0n) is 21.5. The standard InChI is InChI=1S/C26H28ClF5N6O2/c1-15-14-37(9-7-26(30,31)32)10-11-38(15)21-12-17(27)3-5-20(21)36-24(39)18-4-2-16(22(28)23(18)29)13-35-25(40)19(34)6-8-33/h2-5,12,15,19H,6-7,9-11,13-14,34H2,1H3,(H,35,40)(H,36,39)/t15-,19-/m1/s1. The van der Waals surface area contributed by atoms with E-state index in [4.69, 9.17) is 22.6 Å². The van der Waals surface area contributed by atoms with Crippen LogP contribution >= 0.6 is 11.6 Å². The molecule has 0 radical (unpaired) electrons. The van der Waals surface area contributed by atoms with E-state index in [1.54, 1.807) is 17.0 Å². The van der Waals surface area contributed by atoms with E-state index >= 15 is 0 Å². The highest BCUT2D eigenvalue weighted by Gasteiger charge is 2.31. The third-order valence-corrected chi connectivity index (χ3v) is 6.68. The highest BCUT2D eigenvalue weighted by molar-refractivity contribution is 6.31. The van der Waals surface area contributed by atoms with Crippen molar-refractivity contribution in [2.75, 3.05) is 36.4 Å². The van der Waals surface area contributed by atoms with Gasteiger partial charge in [-0.3, -0.25) is 14.5 Å². The number of nitrogens with two attached hydrogens (primary N) is 1. The first-order valence-corrected chi connectivity index (χ1v) is 12.7. The Morgan fingerprint density at radius 1 is 1.20 bits per heavy atom. The van der Waals surface area contributed by atoms with E-state index in [9.17, 15) is 31.5 Å². The largest absolute Gasteiger partial charge is 0.390 e. The third-order valence-electron chi connectivity index (χ3n) is 6.45. The van der Waals surface area contributed by atoms with Crippen molar-refractivity contribution in [3.05, 3.63) is 58.1 Å². The molecule has 8 nitrogen and oxygen atoms in total. The van der Waals surface area contributed by atoms with Crippen molar-refractivity contribution in [1.29, 1.82) is 5.26 Å². The fourth-order valence-electron chi connectivity index (χ4n) is 4.32. The maximum absolute atomic E-state index is 14.9. The third kappa shape index (κ3) is 8.03. The molecule has 4 N–H and O–H groups in total. The van der Waals surface area contributed by atoms with Crippen molar-refractivity contribution in [3.63, 3.8) is 0 Å². The summed E-state index contributed by atoms with van der Waals surface area (Å²) < 4.78 is 67.5. The molecule has 0 saturated carbocycles. The second kappa shape index (κ2) is 13.3. The molecule has 1 saturated heterocycles. The first-order chi connectivity index (χ1) is 18.8. The minimum absolute atomic E-state index is 0.127. The average Bonchev–Trinajstić information content (AvgIpc) is 2.89. The number of hydrogen-bond donors (Lipinski definition) is 3. The topological polar surface area (TPSA) is 114 Å². The van der Waals surface area contributed by atoms with Crippen LogP contribution in [0.2, 0.25) is 5.02 Å². The molecule has 3 rings (SSSR count). The molecule has 40 heavy (non-hydrogen) atoms. The number of carbonyl (C=O) groups excluding carboxylic acids is 2. The van der Waals surface area contributed by atoms with E-state index in [-0.39, 0.29) is 30.3 Å². The summed E-state index contributed by atoms with van der Waals surface area (Å²) in [6, 6.07) is 7.18. The van der Waals surface area contributed by atoms with Crippen molar-refractivity contribution >= 4 is 34.8 Å². The number of nitriles is 1. The highest BCUT2D eigenvalue weighted by Crippen LogP contribution is 2.33. The molecule has 1 aliphatic heterocycles. The average molecular weight is 587 g/mol. The maximum Gasteiger partial charge on any atom is 0.390 e. The number of piperazine rings is 1. The van der Waals surface area contributed by atoms with Gasteiger partial charge in [0.1, 0.15) is 0 Å². The lowest BCUT2D eigenvalue weighted by molar-refractivity contribution is -0.138. The van der Waals surface area contributed by atoms with Crippen LogP contribution in [-0.2, 0) is 11.3 Å². The van der Waals surface area contributed by atoms with Crippen LogP contribution in [0.4, 0.5) is 33.3 Å². The second-order valence-electron chi connectivity index (χ2n) is 9.41.